The fraction of sp³-hybridized carbons (Fsp3) is 0.278. The van der Waals surface area contributed by atoms with E-state index in [-0.39, 0.29) is 23.0 Å². The Morgan fingerprint density at radius 3 is 2.72 bits per heavy atom. The molecule has 2 aromatic carbocycles. The number of carbonyl (C=O) groups excluding carboxylic acids is 1. The number of urea groups is 1. The summed E-state index contributed by atoms with van der Waals surface area (Å²) in [5.41, 5.74) is 1.53. The van der Waals surface area contributed by atoms with E-state index in [1.165, 1.54) is 24.3 Å². The van der Waals surface area contributed by atoms with Crippen LogP contribution in [0.2, 0.25) is 5.02 Å². The number of hydrogen-bond acceptors (Lipinski definition) is 2. The Kier molecular flexibility index (Phi) is 5.50. The maximum atomic E-state index is 13.3. The molecule has 25 heavy (non-hydrogen) atoms. The summed E-state index contributed by atoms with van der Waals surface area (Å²) in [6.07, 6.45) is -0.358. The molecule has 1 saturated heterocycles. The van der Waals surface area contributed by atoms with E-state index in [0.717, 1.165) is 11.1 Å². The molecule has 0 aromatic heterocycles. The van der Waals surface area contributed by atoms with Crippen molar-refractivity contribution < 1.29 is 18.3 Å². The Morgan fingerprint density at radius 2 is 2.00 bits per heavy atom. The van der Waals surface area contributed by atoms with E-state index in [9.17, 15) is 13.6 Å². The van der Waals surface area contributed by atoms with E-state index >= 15 is 0 Å². The number of carbonyl (C=O) groups is 1. The maximum absolute atomic E-state index is 13.3. The smallest absolute Gasteiger partial charge is 0.317 e. The van der Waals surface area contributed by atoms with Crippen molar-refractivity contribution in [2.45, 2.75) is 12.6 Å². The first kappa shape index (κ1) is 17.6. The van der Waals surface area contributed by atoms with Gasteiger partial charge in [0, 0.05) is 13.1 Å². The van der Waals surface area contributed by atoms with Gasteiger partial charge in [0.25, 0.3) is 0 Å². The third-order valence-corrected chi connectivity index (χ3v) is 4.32. The summed E-state index contributed by atoms with van der Waals surface area (Å²) in [5.74, 6) is -0.806. The molecular weight excluding hydrogens is 350 g/mol. The van der Waals surface area contributed by atoms with Crippen molar-refractivity contribution in [1.82, 2.24) is 10.2 Å². The number of benzene rings is 2. The lowest BCUT2D eigenvalue weighted by Gasteiger charge is -2.33. The van der Waals surface area contributed by atoms with E-state index in [1.54, 1.807) is 23.1 Å². The average molecular weight is 367 g/mol. The molecule has 2 amide bonds. The number of nitrogens with one attached hydrogen (secondary N) is 1. The Bertz CT molecular complexity index is 755. The number of nitrogens with zero attached hydrogens (tertiary/aromatic N) is 1. The Morgan fingerprint density at radius 1 is 1.24 bits per heavy atom. The zero-order valence-corrected chi connectivity index (χ0v) is 14.1. The highest BCUT2D eigenvalue weighted by atomic mass is 35.5. The molecule has 1 N–H and O–H groups in total. The molecule has 2 aromatic rings. The van der Waals surface area contributed by atoms with Crippen molar-refractivity contribution in [2.24, 2.45) is 0 Å². The highest BCUT2D eigenvalue weighted by Crippen LogP contribution is 2.26. The molecule has 4 nitrogen and oxygen atoms in total. The second-order valence-electron chi connectivity index (χ2n) is 5.76. The van der Waals surface area contributed by atoms with Crippen molar-refractivity contribution in [3.05, 3.63) is 70.2 Å². The van der Waals surface area contributed by atoms with Crippen LogP contribution in [-0.2, 0) is 11.3 Å². The van der Waals surface area contributed by atoms with E-state index in [0.29, 0.717) is 26.2 Å². The van der Waals surface area contributed by atoms with Crippen LogP contribution in [0.3, 0.4) is 0 Å². The first-order valence-electron chi connectivity index (χ1n) is 7.86. The molecule has 7 heteroatoms. The number of amides is 2. The maximum Gasteiger partial charge on any atom is 0.317 e. The van der Waals surface area contributed by atoms with Crippen LogP contribution >= 0.6 is 11.6 Å². The summed E-state index contributed by atoms with van der Waals surface area (Å²) >= 11 is 5.81. The fourth-order valence-corrected chi connectivity index (χ4v) is 2.83. The molecule has 1 aliphatic heterocycles. The molecule has 1 unspecified atom stereocenters. The first-order chi connectivity index (χ1) is 12.0. The van der Waals surface area contributed by atoms with Gasteiger partial charge in [0.15, 0.2) is 0 Å². The van der Waals surface area contributed by atoms with Crippen LogP contribution in [-0.4, -0.2) is 30.6 Å². The van der Waals surface area contributed by atoms with Crippen LogP contribution in [0.25, 0.3) is 0 Å². The number of halogens is 3. The molecule has 0 radical (unpaired) electrons. The highest BCUT2D eigenvalue weighted by Gasteiger charge is 2.25. The second-order valence-corrected chi connectivity index (χ2v) is 6.17. The predicted octanol–water partition coefficient (Wildman–Crippen LogP) is 3.90. The molecule has 0 spiro atoms. The quantitative estimate of drug-likeness (QED) is 0.895. The largest absolute Gasteiger partial charge is 0.370 e. The molecule has 1 heterocycles. The average Bonchev–Trinajstić information content (AvgIpc) is 2.63. The highest BCUT2D eigenvalue weighted by molar-refractivity contribution is 6.30. The topological polar surface area (TPSA) is 41.6 Å². The standard InChI is InChI=1S/C18H17ClF2N2O2/c19-15-9-13(3-6-16(15)21)17-11-23(7-8-25-17)18(24)22-10-12-1-4-14(20)5-2-12/h1-6,9,17H,7-8,10-11H2,(H,22,24). The van der Waals surface area contributed by atoms with Crippen LogP contribution in [0, 0.1) is 11.6 Å². The number of rotatable bonds is 3. The van der Waals surface area contributed by atoms with Crippen LogP contribution in [0.1, 0.15) is 17.2 Å². The van der Waals surface area contributed by atoms with Crippen molar-refractivity contribution in [3.8, 4) is 0 Å². The second kappa shape index (κ2) is 7.80. The molecule has 1 atom stereocenters. The Labute approximate surface area is 149 Å². The summed E-state index contributed by atoms with van der Waals surface area (Å²) < 4.78 is 31.8. The monoisotopic (exact) mass is 366 g/mol. The van der Waals surface area contributed by atoms with E-state index in [1.807, 2.05) is 0 Å². The van der Waals surface area contributed by atoms with Crippen LogP contribution in [0.4, 0.5) is 13.6 Å². The van der Waals surface area contributed by atoms with Gasteiger partial charge in [-0.15, -0.1) is 0 Å². The minimum absolute atomic E-state index is 0.0268. The summed E-state index contributed by atoms with van der Waals surface area (Å²) in [6.45, 7) is 1.49. The van der Waals surface area contributed by atoms with Gasteiger partial charge in [-0.3, -0.25) is 0 Å². The van der Waals surface area contributed by atoms with Crippen LogP contribution < -0.4 is 5.32 Å². The van der Waals surface area contributed by atoms with Gasteiger partial charge in [0.05, 0.1) is 18.2 Å². The predicted molar refractivity (Wildman–Crippen MR) is 90.3 cm³/mol. The fourth-order valence-electron chi connectivity index (χ4n) is 2.64. The van der Waals surface area contributed by atoms with Crippen molar-refractivity contribution in [1.29, 1.82) is 0 Å². The van der Waals surface area contributed by atoms with Crippen molar-refractivity contribution in [3.63, 3.8) is 0 Å². The van der Waals surface area contributed by atoms with Gasteiger partial charge in [-0.05, 0) is 35.4 Å². The van der Waals surface area contributed by atoms with Gasteiger partial charge in [0.1, 0.15) is 17.7 Å². The van der Waals surface area contributed by atoms with E-state index in [4.69, 9.17) is 16.3 Å². The van der Waals surface area contributed by atoms with E-state index in [2.05, 4.69) is 5.32 Å². The minimum atomic E-state index is -0.491. The molecule has 132 valence electrons. The summed E-state index contributed by atoms with van der Waals surface area (Å²) in [7, 11) is 0. The van der Waals surface area contributed by atoms with Gasteiger partial charge < -0.3 is 15.0 Å². The minimum Gasteiger partial charge on any atom is -0.370 e. The third-order valence-electron chi connectivity index (χ3n) is 4.03. The zero-order valence-electron chi connectivity index (χ0n) is 13.3. The lowest BCUT2D eigenvalue weighted by atomic mass is 10.1. The van der Waals surface area contributed by atoms with Crippen molar-refractivity contribution in [2.75, 3.05) is 19.7 Å². The first-order valence-corrected chi connectivity index (χ1v) is 8.24. The van der Waals surface area contributed by atoms with Gasteiger partial charge in [-0.1, -0.05) is 29.8 Å². The molecule has 0 bridgehead atoms. The van der Waals surface area contributed by atoms with Gasteiger partial charge in [-0.25, -0.2) is 13.6 Å². The van der Waals surface area contributed by atoms with E-state index < -0.39 is 5.82 Å². The zero-order chi connectivity index (χ0) is 17.8. The summed E-state index contributed by atoms with van der Waals surface area (Å²) in [5, 5.41) is 2.83. The summed E-state index contributed by atoms with van der Waals surface area (Å²) in [4.78, 5) is 14.0. The molecular formula is C18H17ClF2N2O2. The number of ether oxygens (including phenoxy) is 1. The molecule has 3 rings (SSSR count). The van der Waals surface area contributed by atoms with Gasteiger partial charge in [0.2, 0.25) is 0 Å². The molecule has 0 aliphatic carbocycles. The Hall–Kier alpha value is -2.18. The lowest BCUT2D eigenvalue weighted by molar-refractivity contribution is -0.0155. The van der Waals surface area contributed by atoms with Crippen LogP contribution in [0.5, 0.6) is 0 Å². The third kappa shape index (κ3) is 4.46. The number of morpholine rings is 1. The van der Waals surface area contributed by atoms with Gasteiger partial charge in [-0.2, -0.15) is 0 Å². The van der Waals surface area contributed by atoms with Gasteiger partial charge >= 0.3 is 6.03 Å². The Balaban J connectivity index is 1.59. The molecule has 1 fully saturated rings. The normalized spacial score (nSPS) is 17.4. The SMILES string of the molecule is O=C(NCc1ccc(F)cc1)N1CCOC(c2ccc(F)c(Cl)c2)C1. The van der Waals surface area contributed by atoms with Crippen LogP contribution in [0.15, 0.2) is 42.5 Å². The lowest BCUT2D eigenvalue weighted by Crippen LogP contribution is -2.46. The number of hydrogen-bond donors (Lipinski definition) is 1. The summed E-state index contributed by atoms with van der Waals surface area (Å²) in [6, 6.07) is 10.1. The van der Waals surface area contributed by atoms with Crippen molar-refractivity contribution >= 4 is 17.6 Å². The molecule has 0 saturated carbocycles. The molecule has 1 aliphatic rings.